The van der Waals surface area contributed by atoms with Gasteiger partial charge in [-0.05, 0) is 0 Å². The van der Waals surface area contributed by atoms with Crippen LogP contribution in [-0.2, 0) is 21.1 Å². The van der Waals surface area contributed by atoms with Crippen LogP contribution in [0, 0.1) is 0 Å². The SMILES string of the molecule is C[CH2][AlH][CH2]C.Cl.[W]. The molecule has 44 valence electrons. The zero-order chi connectivity index (χ0) is 4.12. The Bertz CT molecular complexity index is 19.2. The van der Waals surface area contributed by atoms with Crippen molar-refractivity contribution in [3.05, 3.63) is 0 Å². The molecule has 0 N–H and O–H groups in total. The van der Waals surface area contributed by atoms with Crippen molar-refractivity contribution in [2.75, 3.05) is 0 Å². The van der Waals surface area contributed by atoms with Crippen molar-refractivity contribution in [3.8, 4) is 0 Å². The molecule has 0 spiro atoms. The quantitative estimate of drug-likeness (QED) is 0.682. The van der Waals surface area contributed by atoms with Gasteiger partial charge in [-0.25, -0.2) is 0 Å². The molecule has 0 aromatic rings. The molecule has 0 atom stereocenters. The summed E-state index contributed by atoms with van der Waals surface area (Å²) >= 11 is 0.432. The van der Waals surface area contributed by atoms with Crippen LogP contribution in [0.2, 0.25) is 10.6 Å². The van der Waals surface area contributed by atoms with E-state index in [0.29, 0.717) is 15.2 Å². The molecule has 0 fully saturated rings. The van der Waals surface area contributed by atoms with Gasteiger partial charge in [-0.1, -0.05) is 13.8 Å². The Hall–Kier alpha value is 1.51. The molecule has 0 radical (unpaired) electrons. The van der Waals surface area contributed by atoms with E-state index in [1.54, 1.807) is 0 Å². The topological polar surface area (TPSA) is 0 Å². The fourth-order valence-corrected chi connectivity index (χ4v) is 1.06. The molecule has 3 heteroatoms. The average molecular weight is 306 g/mol. The van der Waals surface area contributed by atoms with E-state index in [1.807, 2.05) is 0 Å². The van der Waals surface area contributed by atoms with Crippen LogP contribution in [0.1, 0.15) is 13.8 Å². The summed E-state index contributed by atoms with van der Waals surface area (Å²) in [5, 5.41) is 2.97. The molecule has 0 rings (SSSR count). The molecule has 0 aromatic carbocycles. The van der Waals surface area contributed by atoms with Gasteiger partial charge in [0.05, 0.1) is 0 Å². The van der Waals surface area contributed by atoms with E-state index in [4.69, 9.17) is 0 Å². The molecule has 0 heterocycles. The van der Waals surface area contributed by atoms with Crippen molar-refractivity contribution in [3.63, 3.8) is 0 Å². The van der Waals surface area contributed by atoms with Gasteiger partial charge in [0.1, 0.15) is 0 Å². The Morgan fingerprint density at radius 2 is 1.43 bits per heavy atom. The van der Waals surface area contributed by atoms with Crippen LogP contribution in [-0.4, -0.2) is 15.2 Å². The molecule has 0 nitrogen and oxygen atoms in total. The summed E-state index contributed by atoms with van der Waals surface area (Å²) in [7, 11) is 0. The maximum atomic E-state index is 2.27. The van der Waals surface area contributed by atoms with E-state index in [2.05, 4.69) is 13.8 Å². The summed E-state index contributed by atoms with van der Waals surface area (Å²) in [4.78, 5) is 0. The van der Waals surface area contributed by atoms with E-state index in [9.17, 15) is 0 Å². The molecule has 7 heavy (non-hydrogen) atoms. The Labute approximate surface area is 72.8 Å². The Balaban J connectivity index is -0.0000000800. The predicted molar refractivity (Wildman–Crippen MR) is 35.4 cm³/mol. The molecule has 0 aliphatic rings. The summed E-state index contributed by atoms with van der Waals surface area (Å²) in [6.45, 7) is 4.55. The summed E-state index contributed by atoms with van der Waals surface area (Å²) in [6.07, 6.45) is 0. The third-order valence-electron chi connectivity index (χ3n) is 0.707. The Morgan fingerprint density at radius 1 is 1.14 bits per heavy atom. The molecule has 0 bridgehead atoms. The monoisotopic (exact) mass is 306 g/mol. The van der Waals surface area contributed by atoms with Crippen LogP contribution >= 0.6 is 12.4 Å². The van der Waals surface area contributed by atoms with Crippen LogP contribution in [0.25, 0.3) is 0 Å². The van der Waals surface area contributed by atoms with E-state index >= 15 is 0 Å². The van der Waals surface area contributed by atoms with Crippen LogP contribution < -0.4 is 0 Å². The van der Waals surface area contributed by atoms with Crippen molar-refractivity contribution in [2.45, 2.75) is 24.4 Å². The maximum absolute atomic E-state index is 2.27. The molecule has 0 aromatic heterocycles. The van der Waals surface area contributed by atoms with Crippen molar-refractivity contribution in [2.24, 2.45) is 0 Å². The fourth-order valence-electron chi connectivity index (χ4n) is 0.354. The average Bonchev–Trinajstić information content (AvgIpc) is 1.41. The molecule has 0 aliphatic heterocycles. The predicted octanol–water partition coefficient (Wildman–Crippen LogP) is 1.72. The first-order valence-electron chi connectivity index (χ1n) is 2.41. The summed E-state index contributed by atoms with van der Waals surface area (Å²) in [5.74, 6) is 0. The first-order valence-corrected chi connectivity index (χ1v) is 4.41. The van der Waals surface area contributed by atoms with Gasteiger partial charge in [-0.15, -0.1) is 23.0 Å². The summed E-state index contributed by atoms with van der Waals surface area (Å²) in [6, 6.07) is 0. The molecular formula is C4H12AlClW. The third-order valence-corrected chi connectivity index (χ3v) is 2.12. The smallest absolute Gasteiger partial charge is 0.147 e. The second kappa shape index (κ2) is 15.6. The first-order chi connectivity index (χ1) is 2.41. The summed E-state index contributed by atoms with van der Waals surface area (Å²) < 4.78 is 0. The second-order valence-electron chi connectivity index (χ2n) is 1.35. The minimum Gasteiger partial charge on any atom is -0.147 e. The van der Waals surface area contributed by atoms with E-state index in [1.165, 1.54) is 10.6 Å². The number of hydrogen-bond donors (Lipinski definition) is 0. The maximum Gasteiger partial charge on any atom is 0.236 e. The van der Waals surface area contributed by atoms with Crippen LogP contribution in [0.5, 0.6) is 0 Å². The van der Waals surface area contributed by atoms with Gasteiger partial charge in [-0.2, -0.15) is 0 Å². The minimum atomic E-state index is 0. The second-order valence-corrected chi connectivity index (χ2v) is 4.06. The Morgan fingerprint density at radius 3 is 1.43 bits per heavy atom. The van der Waals surface area contributed by atoms with Gasteiger partial charge in [0.25, 0.3) is 0 Å². The minimum absolute atomic E-state index is 0. The molecule has 0 saturated carbocycles. The molecular weight excluding hydrogens is 294 g/mol. The fraction of sp³-hybridized carbons (Fsp3) is 1.00. The van der Waals surface area contributed by atoms with Crippen LogP contribution in [0.15, 0.2) is 0 Å². The number of halogens is 1. The Kier molecular flexibility index (Phi) is 35.3. The molecule has 0 saturated heterocycles. The van der Waals surface area contributed by atoms with Crippen molar-refractivity contribution >= 4 is 27.6 Å². The van der Waals surface area contributed by atoms with Gasteiger partial charge >= 0.3 is 0 Å². The van der Waals surface area contributed by atoms with Gasteiger partial charge in [0.2, 0.25) is 15.2 Å². The number of hydrogen-bond acceptors (Lipinski definition) is 0. The van der Waals surface area contributed by atoms with E-state index < -0.39 is 0 Å². The van der Waals surface area contributed by atoms with Crippen molar-refractivity contribution < 1.29 is 21.1 Å². The van der Waals surface area contributed by atoms with Gasteiger partial charge < -0.3 is 0 Å². The van der Waals surface area contributed by atoms with Crippen LogP contribution in [0.3, 0.4) is 0 Å². The largest absolute Gasteiger partial charge is 0.236 e. The first kappa shape index (κ1) is 15.8. The molecule has 0 unspecified atom stereocenters. The zero-order valence-electron chi connectivity index (χ0n) is 4.94. The molecule has 0 amide bonds. The van der Waals surface area contributed by atoms with Gasteiger partial charge in [0, 0.05) is 21.1 Å². The van der Waals surface area contributed by atoms with Gasteiger partial charge in [0.15, 0.2) is 0 Å². The van der Waals surface area contributed by atoms with Crippen LogP contribution in [0.4, 0.5) is 0 Å². The van der Waals surface area contributed by atoms with Gasteiger partial charge in [-0.3, -0.25) is 0 Å². The zero-order valence-corrected chi connectivity index (χ0v) is 10.1. The molecule has 0 aliphatic carbocycles. The number of rotatable bonds is 2. The van der Waals surface area contributed by atoms with Crippen molar-refractivity contribution in [1.82, 2.24) is 0 Å². The third kappa shape index (κ3) is 18.5. The summed E-state index contributed by atoms with van der Waals surface area (Å²) in [5.41, 5.74) is 0. The van der Waals surface area contributed by atoms with E-state index in [-0.39, 0.29) is 33.5 Å². The normalized spacial score (nSPS) is 5.43. The van der Waals surface area contributed by atoms with Crippen molar-refractivity contribution in [1.29, 1.82) is 0 Å². The standard InChI is InChI=1S/2C2H5.Al.ClH.W.H/c2*1-2;;;;/h2*1H2,2H3;;1H;;. The van der Waals surface area contributed by atoms with E-state index in [0.717, 1.165) is 0 Å².